The van der Waals surface area contributed by atoms with Crippen LogP contribution >= 0.6 is 11.6 Å². The third kappa shape index (κ3) is 2.19. The number of hydrogen-bond donors (Lipinski definition) is 2. The third-order valence-corrected chi connectivity index (χ3v) is 2.73. The number of rotatable bonds is 4. The van der Waals surface area contributed by atoms with Crippen LogP contribution in [0, 0.1) is 0 Å². The van der Waals surface area contributed by atoms with Crippen molar-refractivity contribution in [3.8, 4) is 0 Å². The van der Waals surface area contributed by atoms with Gasteiger partial charge in [0.05, 0.1) is 6.61 Å². The molecule has 0 aromatic heterocycles. The lowest BCUT2D eigenvalue weighted by Gasteiger charge is -2.10. The van der Waals surface area contributed by atoms with Gasteiger partial charge >= 0.3 is 0 Å². The van der Waals surface area contributed by atoms with Crippen LogP contribution in [0.1, 0.15) is 11.6 Å². The van der Waals surface area contributed by atoms with Gasteiger partial charge in [-0.2, -0.15) is 0 Å². The molecule has 0 spiro atoms. The first-order valence-corrected chi connectivity index (χ1v) is 5.43. The number of methoxy groups -OCH3 is 1. The smallest absolute Gasteiger partial charge is 0.246 e. The van der Waals surface area contributed by atoms with E-state index in [2.05, 4.69) is 10.6 Å². The summed E-state index contributed by atoms with van der Waals surface area (Å²) in [4.78, 5) is 11.7. The molecule has 4 nitrogen and oxygen atoms in total. The van der Waals surface area contributed by atoms with Crippen LogP contribution in [0.5, 0.6) is 0 Å². The molecule has 1 aromatic rings. The molecular weight excluding hydrogens is 228 g/mol. The quantitative estimate of drug-likeness (QED) is 0.786. The van der Waals surface area contributed by atoms with E-state index in [-0.39, 0.29) is 11.9 Å². The van der Waals surface area contributed by atoms with Gasteiger partial charge in [-0.1, -0.05) is 11.6 Å². The predicted molar refractivity (Wildman–Crippen MR) is 62.7 cm³/mol. The van der Waals surface area contributed by atoms with Gasteiger partial charge in [-0.3, -0.25) is 10.1 Å². The summed E-state index contributed by atoms with van der Waals surface area (Å²) in [6.07, 6.45) is 0. The number of nitrogens with one attached hydrogen (secondary N) is 2. The molecule has 0 radical (unpaired) electrons. The Morgan fingerprint density at radius 2 is 2.38 bits per heavy atom. The zero-order chi connectivity index (χ0) is 11.5. The van der Waals surface area contributed by atoms with Gasteiger partial charge in [0.25, 0.3) is 0 Å². The van der Waals surface area contributed by atoms with Crippen molar-refractivity contribution in [3.05, 3.63) is 28.8 Å². The van der Waals surface area contributed by atoms with Gasteiger partial charge in [-0.25, -0.2) is 0 Å². The van der Waals surface area contributed by atoms with Gasteiger partial charge in [0.15, 0.2) is 0 Å². The topological polar surface area (TPSA) is 50.4 Å². The number of amides is 1. The highest BCUT2D eigenvalue weighted by Gasteiger charge is 2.29. The second-order valence-corrected chi connectivity index (χ2v) is 4.04. The Hall–Kier alpha value is -1.10. The summed E-state index contributed by atoms with van der Waals surface area (Å²) >= 11 is 5.91. The first-order chi connectivity index (χ1) is 7.72. The van der Waals surface area contributed by atoms with E-state index >= 15 is 0 Å². The SMILES string of the molecule is COCCNC1C(=O)Nc2ccc(Cl)cc21. The van der Waals surface area contributed by atoms with Crippen LogP contribution in [0.3, 0.4) is 0 Å². The summed E-state index contributed by atoms with van der Waals surface area (Å²) in [6, 6.07) is 5.05. The fourth-order valence-electron chi connectivity index (χ4n) is 1.74. The van der Waals surface area contributed by atoms with Crippen LogP contribution in [-0.2, 0) is 9.53 Å². The summed E-state index contributed by atoms with van der Waals surface area (Å²) in [5, 5.41) is 6.55. The molecule has 2 rings (SSSR count). The minimum atomic E-state index is -0.330. The molecule has 2 N–H and O–H groups in total. The number of ether oxygens (including phenoxy) is 1. The highest BCUT2D eigenvalue weighted by atomic mass is 35.5. The Kier molecular flexibility index (Phi) is 3.43. The van der Waals surface area contributed by atoms with Crippen molar-refractivity contribution in [2.24, 2.45) is 0 Å². The van der Waals surface area contributed by atoms with Crippen LogP contribution in [0.15, 0.2) is 18.2 Å². The van der Waals surface area contributed by atoms with Crippen molar-refractivity contribution in [1.29, 1.82) is 0 Å². The van der Waals surface area contributed by atoms with Gasteiger partial charge in [-0.15, -0.1) is 0 Å². The Bertz CT molecular complexity index is 409. The average Bonchev–Trinajstić information content (AvgIpc) is 2.56. The van der Waals surface area contributed by atoms with Gasteiger partial charge < -0.3 is 10.1 Å². The van der Waals surface area contributed by atoms with E-state index < -0.39 is 0 Å². The number of hydrogen-bond acceptors (Lipinski definition) is 3. The van der Waals surface area contributed by atoms with Crippen LogP contribution in [-0.4, -0.2) is 26.2 Å². The average molecular weight is 241 g/mol. The zero-order valence-corrected chi connectivity index (χ0v) is 9.67. The monoisotopic (exact) mass is 240 g/mol. The Labute approximate surface area is 98.9 Å². The van der Waals surface area contributed by atoms with E-state index in [1.807, 2.05) is 6.07 Å². The number of anilines is 1. The normalized spacial score (nSPS) is 18.4. The zero-order valence-electron chi connectivity index (χ0n) is 8.92. The van der Waals surface area contributed by atoms with Gasteiger partial charge in [0.1, 0.15) is 6.04 Å². The molecule has 1 aliphatic heterocycles. The number of carbonyl (C=O) groups is 1. The van der Waals surface area contributed by atoms with E-state index in [1.165, 1.54) is 0 Å². The first-order valence-electron chi connectivity index (χ1n) is 5.05. The van der Waals surface area contributed by atoms with Gasteiger partial charge in [-0.05, 0) is 18.2 Å². The number of halogens is 1. The van der Waals surface area contributed by atoms with Crippen molar-refractivity contribution in [1.82, 2.24) is 5.32 Å². The lowest BCUT2D eigenvalue weighted by Crippen LogP contribution is -2.30. The molecule has 5 heteroatoms. The van der Waals surface area contributed by atoms with Gasteiger partial charge in [0, 0.05) is 29.9 Å². The van der Waals surface area contributed by atoms with Crippen molar-refractivity contribution < 1.29 is 9.53 Å². The number of fused-ring (bicyclic) bond motifs is 1. The summed E-state index contributed by atoms with van der Waals surface area (Å²) < 4.78 is 4.93. The molecule has 1 amide bonds. The van der Waals surface area contributed by atoms with E-state index in [9.17, 15) is 4.79 Å². The summed E-state index contributed by atoms with van der Waals surface area (Å²) in [5.41, 5.74) is 1.72. The molecule has 0 saturated carbocycles. The summed E-state index contributed by atoms with van der Waals surface area (Å²) in [7, 11) is 1.63. The summed E-state index contributed by atoms with van der Waals surface area (Å²) in [6.45, 7) is 1.19. The molecule has 1 atom stereocenters. The van der Waals surface area contributed by atoms with E-state index in [0.717, 1.165) is 11.3 Å². The fourth-order valence-corrected chi connectivity index (χ4v) is 1.92. The highest BCUT2D eigenvalue weighted by Crippen LogP contribution is 2.32. The molecule has 86 valence electrons. The lowest BCUT2D eigenvalue weighted by atomic mass is 10.1. The Balaban J connectivity index is 2.15. The summed E-state index contributed by atoms with van der Waals surface area (Å²) in [5.74, 6) is -0.0478. The van der Waals surface area contributed by atoms with E-state index in [4.69, 9.17) is 16.3 Å². The molecule has 0 saturated heterocycles. The first kappa shape index (κ1) is 11.4. The van der Waals surface area contributed by atoms with Crippen molar-refractivity contribution in [2.75, 3.05) is 25.6 Å². The van der Waals surface area contributed by atoms with Crippen LogP contribution < -0.4 is 10.6 Å². The number of benzene rings is 1. The molecule has 1 heterocycles. The Morgan fingerprint density at radius 3 is 3.12 bits per heavy atom. The number of carbonyl (C=O) groups excluding carboxylic acids is 1. The van der Waals surface area contributed by atoms with E-state index in [1.54, 1.807) is 19.2 Å². The second-order valence-electron chi connectivity index (χ2n) is 3.60. The predicted octanol–water partition coefficient (Wildman–Crippen LogP) is 1.57. The molecule has 0 fully saturated rings. The second kappa shape index (κ2) is 4.82. The maximum Gasteiger partial charge on any atom is 0.246 e. The standard InChI is InChI=1S/C11H13ClN2O2/c1-16-5-4-13-10-8-6-7(12)2-3-9(8)14-11(10)15/h2-3,6,10,13H,4-5H2,1H3,(H,14,15). The molecule has 16 heavy (non-hydrogen) atoms. The third-order valence-electron chi connectivity index (χ3n) is 2.50. The minimum absolute atomic E-state index is 0.0478. The van der Waals surface area contributed by atoms with Gasteiger partial charge in [0.2, 0.25) is 5.91 Å². The molecule has 0 aliphatic carbocycles. The van der Waals surface area contributed by atoms with Crippen LogP contribution in [0.25, 0.3) is 0 Å². The lowest BCUT2D eigenvalue weighted by molar-refractivity contribution is -0.117. The van der Waals surface area contributed by atoms with E-state index in [0.29, 0.717) is 18.2 Å². The van der Waals surface area contributed by atoms with Crippen molar-refractivity contribution in [2.45, 2.75) is 6.04 Å². The Morgan fingerprint density at radius 1 is 1.56 bits per heavy atom. The largest absolute Gasteiger partial charge is 0.383 e. The maximum atomic E-state index is 11.7. The fraction of sp³-hybridized carbons (Fsp3) is 0.364. The molecule has 0 bridgehead atoms. The molecular formula is C11H13ClN2O2. The maximum absolute atomic E-state index is 11.7. The molecule has 1 unspecified atom stereocenters. The van der Waals surface area contributed by atoms with Crippen LogP contribution in [0.2, 0.25) is 5.02 Å². The minimum Gasteiger partial charge on any atom is -0.383 e. The highest BCUT2D eigenvalue weighted by molar-refractivity contribution is 6.31. The molecule has 1 aromatic carbocycles. The van der Waals surface area contributed by atoms with Crippen molar-refractivity contribution in [3.63, 3.8) is 0 Å². The van der Waals surface area contributed by atoms with Crippen LogP contribution in [0.4, 0.5) is 5.69 Å². The van der Waals surface area contributed by atoms with Crippen molar-refractivity contribution >= 4 is 23.2 Å². The molecule has 1 aliphatic rings.